The maximum Gasteiger partial charge on any atom is 0.127 e. The van der Waals surface area contributed by atoms with Crippen molar-refractivity contribution < 1.29 is 4.74 Å². The Kier molecular flexibility index (Phi) is 6.46. The molecule has 1 saturated heterocycles. The van der Waals surface area contributed by atoms with Gasteiger partial charge in [0.2, 0.25) is 0 Å². The van der Waals surface area contributed by atoms with Gasteiger partial charge < -0.3 is 4.74 Å². The molecule has 168 valence electrons. The third kappa shape index (κ3) is 5.48. The maximum absolute atomic E-state index is 5.94. The number of rotatable bonds is 7. The van der Waals surface area contributed by atoms with Crippen molar-refractivity contribution in [2.75, 3.05) is 26.2 Å². The van der Waals surface area contributed by atoms with Crippen LogP contribution in [-0.2, 0) is 20.1 Å². The van der Waals surface area contributed by atoms with Crippen molar-refractivity contribution in [3.05, 3.63) is 96.4 Å². The van der Waals surface area contributed by atoms with Gasteiger partial charge in [-0.05, 0) is 48.0 Å². The maximum atomic E-state index is 5.94. The molecular formula is C27H29N5O. The molecule has 0 aliphatic carbocycles. The van der Waals surface area contributed by atoms with Gasteiger partial charge in [0.1, 0.15) is 11.5 Å². The molecule has 1 aliphatic rings. The zero-order valence-corrected chi connectivity index (χ0v) is 19.0. The van der Waals surface area contributed by atoms with Crippen LogP contribution >= 0.6 is 0 Å². The second-order valence-electron chi connectivity index (χ2n) is 8.53. The van der Waals surface area contributed by atoms with Crippen molar-refractivity contribution in [1.82, 2.24) is 24.6 Å². The minimum absolute atomic E-state index is 0.826. The molecule has 0 amide bonds. The lowest BCUT2D eigenvalue weighted by molar-refractivity contribution is 0.122. The van der Waals surface area contributed by atoms with Crippen LogP contribution in [0, 0.1) is 0 Å². The molecule has 0 N–H and O–H groups in total. The minimum atomic E-state index is 0.826. The Labute approximate surface area is 195 Å². The first-order chi connectivity index (χ1) is 16.2. The molecule has 2 aromatic heterocycles. The smallest absolute Gasteiger partial charge is 0.127 e. The molecule has 0 bridgehead atoms. The lowest BCUT2D eigenvalue weighted by Crippen LogP contribution is -2.45. The standard InChI is InChI=1S/C27H29N5O/c1-30-20-24(21-32-16-14-31(15-17-32)19-22-6-5-13-28-18-22)27(29-30)23-9-11-26(12-10-23)33-25-7-3-2-4-8-25/h2-13,18,20H,14-17,19,21H2,1H3. The Morgan fingerprint density at radius 3 is 2.18 bits per heavy atom. The molecule has 33 heavy (non-hydrogen) atoms. The summed E-state index contributed by atoms with van der Waals surface area (Å²) in [6, 6.07) is 22.2. The van der Waals surface area contributed by atoms with E-state index >= 15 is 0 Å². The average Bonchev–Trinajstić information content (AvgIpc) is 3.22. The highest BCUT2D eigenvalue weighted by atomic mass is 16.5. The molecule has 2 aromatic carbocycles. The molecule has 0 unspecified atom stereocenters. The monoisotopic (exact) mass is 439 g/mol. The number of aryl methyl sites for hydroxylation is 1. The molecule has 3 heterocycles. The Balaban J connectivity index is 1.21. The second kappa shape index (κ2) is 9.98. The van der Waals surface area contributed by atoms with E-state index in [1.807, 2.05) is 72.7 Å². The number of ether oxygens (including phenoxy) is 1. The third-order valence-electron chi connectivity index (χ3n) is 6.00. The number of para-hydroxylation sites is 1. The molecule has 4 aromatic rings. The summed E-state index contributed by atoms with van der Waals surface area (Å²) >= 11 is 0. The van der Waals surface area contributed by atoms with Crippen molar-refractivity contribution in [3.8, 4) is 22.8 Å². The molecule has 0 atom stereocenters. The molecule has 6 nitrogen and oxygen atoms in total. The van der Waals surface area contributed by atoms with E-state index in [2.05, 4.69) is 39.2 Å². The van der Waals surface area contributed by atoms with E-state index < -0.39 is 0 Å². The van der Waals surface area contributed by atoms with Gasteiger partial charge in [0.15, 0.2) is 0 Å². The van der Waals surface area contributed by atoms with Gasteiger partial charge in [-0.3, -0.25) is 19.5 Å². The SMILES string of the molecule is Cn1cc(CN2CCN(Cc3cccnc3)CC2)c(-c2ccc(Oc3ccccc3)cc2)n1. The Morgan fingerprint density at radius 1 is 0.788 bits per heavy atom. The summed E-state index contributed by atoms with van der Waals surface area (Å²) in [5.41, 5.74) is 4.69. The largest absolute Gasteiger partial charge is 0.457 e. The van der Waals surface area contributed by atoms with Crippen molar-refractivity contribution in [2.24, 2.45) is 7.05 Å². The molecule has 0 radical (unpaired) electrons. The molecule has 6 heteroatoms. The van der Waals surface area contributed by atoms with Gasteiger partial charge in [-0.1, -0.05) is 24.3 Å². The van der Waals surface area contributed by atoms with Crippen LogP contribution in [-0.4, -0.2) is 50.7 Å². The first-order valence-corrected chi connectivity index (χ1v) is 11.4. The van der Waals surface area contributed by atoms with Crippen LogP contribution in [0.25, 0.3) is 11.3 Å². The van der Waals surface area contributed by atoms with E-state index in [-0.39, 0.29) is 0 Å². The van der Waals surface area contributed by atoms with E-state index in [0.717, 1.165) is 62.0 Å². The van der Waals surface area contributed by atoms with Crippen LogP contribution < -0.4 is 4.74 Å². The Morgan fingerprint density at radius 2 is 1.48 bits per heavy atom. The van der Waals surface area contributed by atoms with Crippen LogP contribution in [0.3, 0.4) is 0 Å². The van der Waals surface area contributed by atoms with Crippen molar-refractivity contribution in [3.63, 3.8) is 0 Å². The zero-order chi connectivity index (χ0) is 22.5. The zero-order valence-electron chi connectivity index (χ0n) is 19.0. The molecule has 0 spiro atoms. The number of aromatic nitrogens is 3. The predicted molar refractivity (Wildman–Crippen MR) is 130 cm³/mol. The number of benzene rings is 2. The second-order valence-corrected chi connectivity index (χ2v) is 8.53. The van der Waals surface area contributed by atoms with Gasteiger partial charge >= 0.3 is 0 Å². The van der Waals surface area contributed by atoms with Crippen molar-refractivity contribution in [1.29, 1.82) is 0 Å². The van der Waals surface area contributed by atoms with E-state index in [4.69, 9.17) is 9.84 Å². The summed E-state index contributed by atoms with van der Waals surface area (Å²) in [5, 5.41) is 4.76. The number of piperazine rings is 1. The highest BCUT2D eigenvalue weighted by Gasteiger charge is 2.20. The quantitative estimate of drug-likeness (QED) is 0.421. The predicted octanol–water partition coefficient (Wildman–Crippen LogP) is 4.59. The number of hydrogen-bond acceptors (Lipinski definition) is 5. The van der Waals surface area contributed by atoms with Gasteiger partial charge in [-0.2, -0.15) is 5.10 Å². The van der Waals surface area contributed by atoms with Gasteiger partial charge in [0.25, 0.3) is 0 Å². The molecular weight excluding hydrogens is 410 g/mol. The lowest BCUT2D eigenvalue weighted by Gasteiger charge is -2.34. The number of hydrogen-bond donors (Lipinski definition) is 0. The normalized spacial score (nSPS) is 14.9. The third-order valence-corrected chi connectivity index (χ3v) is 6.00. The fraction of sp³-hybridized carbons (Fsp3) is 0.259. The molecule has 0 saturated carbocycles. The summed E-state index contributed by atoms with van der Waals surface area (Å²) < 4.78 is 7.85. The highest BCUT2D eigenvalue weighted by molar-refractivity contribution is 5.63. The van der Waals surface area contributed by atoms with Crippen LogP contribution in [0.15, 0.2) is 85.3 Å². The minimum Gasteiger partial charge on any atom is -0.457 e. The van der Waals surface area contributed by atoms with Crippen LogP contribution in [0.4, 0.5) is 0 Å². The molecule has 5 rings (SSSR count). The Bertz CT molecular complexity index is 1150. The summed E-state index contributed by atoms with van der Waals surface area (Å²) in [6.45, 7) is 6.12. The van der Waals surface area contributed by atoms with Crippen LogP contribution in [0.2, 0.25) is 0 Å². The van der Waals surface area contributed by atoms with Crippen molar-refractivity contribution >= 4 is 0 Å². The summed E-state index contributed by atoms with van der Waals surface area (Å²) in [7, 11) is 1.99. The van der Waals surface area contributed by atoms with E-state index in [9.17, 15) is 0 Å². The molecule has 1 fully saturated rings. The first-order valence-electron chi connectivity index (χ1n) is 11.4. The average molecular weight is 440 g/mol. The summed E-state index contributed by atoms with van der Waals surface area (Å²) in [4.78, 5) is 9.26. The fourth-order valence-electron chi connectivity index (χ4n) is 4.30. The number of pyridine rings is 1. The fourth-order valence-corrected chi connectivity index (χ4v) is 4.30. The van der Waals surface area contributed by atoms with Crippen LogP contribution in [0.5, 0.6) is 11.5 Å². The topological polar surface area (TPSA) is 46.4 Å². The van der Waals surface area contributed by atoms with E-state index in [0.29, 0.717) is 0 Å². The number of nitrogens with zero attached hydrogens (tertiary/aromatic N) is 5. The Hall–Kier alpha value is -3.48. The van der Waals surface area contributed by atoms with Crippen LogP contribution in [0.1, 0.15) is 11.1 Å². The van der Waals surface area contributed by atoms with Gasteiger partial charge in [-0.15, -0.1) is 0 Å². The van der Waals surface area contributed by atoms with E-state index in [1.54, 1.807) is 0 Å². The summed E-state index contributed by atoms with van der Waals surface area (Å²) in [6.07, 6.45) is 5.94. The highest BCUT2D eigenvalue weighted by Crippen LogP contribution is 2.28. The molecule has 1 aliphatic heterocycles. The lowest BCUT2D eigenvalue weighted by atomic mass is 10.1. The van der Waals surface area contributed by atoms with Crippen molar-refractivity contribution in [2.45, 2.75) is 13.1 Å². The first kappa shape index (κ1) is 21.4. The van der Waals surface area contributed by atoms with Gasteiger partial charge in [0.05, 0.1) is 5.69 Å². The van der Waals surface area contributed by atoms with Gasteiger partial charge in [0, 0.05) is 76.0 Å². The van der Waals surface area contributed by atoms with E-state index in [1.165, 1.54) is 11.1 Å². The van der Waals surface area contributed by atoms with Gasteiger partial charge in [-0.25, -0.2) is 0 Å². The summed E-state index contributed by atoms with van der Waals surface area (Å²) in [5.74, 6) is 1.67.